The number of Topliss-reactive ketones (excluding diaryl/α,β-unsaturated/α-hetero) is 1. The first kappa shape index (κ1) is 62.1. The number of fused-ring (bicyclic) bond motifs is 2. The molecule has 450 valence electrons. The summed E-state index contributed by atoms with van der Waals surface area (Å²) in [6.07, 6.45) is 1.80. The van der Waals surface area contributed by atoms with Gasteiger partial charge in [-0.2, -0.15) is 27.1 Å². The fraction of sp³-hybridized carbons (Fsp3) is 0.250. The highest BCUT2D eigenvalue weighted by Gasteiger charge is 2.41. The van der Waals surface area contributed by atoms with Crippen LogP contribution in [0, 0.1) is 5.41 Å². The van der Waals surface area contributed by atoms with Crippen LogP contribution in [-0.4, -0.2) is 87.8 Å². The summed E-state index contributed by atoms with van der Waals surface area (Å²) in [7, 11) is -6.38. The molecule has 1 heterocycles. The average Bonchev–Trinajstić information content (AvgIpc) is 1.01. The summed E-state index contributed by atoms with van der Waals surface area (Å²) in [5.41, 5.74) is 9.26. The Hall–Kier alpha value is -9.42. The first-order chi connectivity index (χ1) is 41.6. The molecule has 21 nitrogen and oxygen atoms in total. The Morgan fingerprint density at radius 2 is 1.25 bits per heavy atom. The average molecular weight is 1220 g/mol. The van der Waals surface area contributed by atoms with E-state index in [1.807, 2.05) is 19.1 Å². The number of methoxy groups -OCH3 is 2. The van der Waals surface area contributed by atoms with E-state index in [1.54, 1.807) is 129 Å². The summed E-state index contributed by atoms with van der Waals surface area (Å²) < 4.78 is 93.6. The maximum Gasteiger partial charge on any atom is 0.329 e. The Bertz CT molecular complexity index is 4230. The highest BCUT2D eigenvalue weighted by atomic mass is 32.2. The van der Waals surface area contributed by atoms with Crippen molar-refractivity contribution in [2.24, 2.45) is 25.9 Å². The van der Waals surface area contributed by atoms with Crippen LogP contribution in [0.2, 0.25) is 0 Å². The zero-order chi connectivity index (χ0) is 62.2. The second-order valence-electron chi connectivity index (χ2n) is 21.3. The van der Waals surface area contributed by atoms with E-state index in [9.17, 15) is 45.1 Å². The van der Waals surface area contributed by atoms with Gasteiger partial charge < -0.3 is 34.9 Å². The summed E-state index contributed by atoms with van der Waals surface area (Å²) in [4.78, 5) is 55.9. The number of likely N-dealkylation sites (tertiary alicyclic amines) is 1. The largest absolute Gasteiger partial charge is 0.493 e. The maximum atomic E-state index is 14.3. The van der Waals surface area contributed by atoms with Crippen molar-refractivity contribution in [1.82, 2.24) is 4.90 Å². The van der Waals surface area contributed by atoms with Crippen molar-refractivity contribution in [2.75, 3.05) is 38.4 Å². The molecule has 0 saturated carbocycles. The van der Waals surface area contributed by atoms with Crippen molar-refractivity contribution in [1.29, 1.82) is 0 Å². The Morgan fingerprint density at radius 1 is 0.678 bits per heavy atom. The van der Waals surface area contributed by atoms with E-state index in [0.717, 1.165) is 28.8 Å². The van der Waals surface area contributed by atoms with Gasteiger partial charge in [-0.3, -0.25) is 23.5 Å². The van der Waals surface area contributed by atoms with Gasteiger partial charge >= 0.3 is 5.97 Å². The fourth-order valence-corrected chi connectivity index (χ4v) is 11.5. The number of nitrogens with one attached hydrogen (secondary N) is 1. The van der Waals surface area contributed by atoms with Gasteiger partial charge in [0.2, 0.25) is 5.78 Å². The normalized spacial score (nSPS) is 14.3. The van der Waals surface area contributed by atoms with Gasteiger partial charge in [-0.15, -0.1) is 10.2 Å². The van der Waals surface area contributed by atoms with E-state index < -0.39 is 72.9 Å². The number of carbonyl (C=O) groups is 4. The van der Waals surface area contributed by atoms with Crippen LogP contribution in [0.5, 0.6) is 17.2 Å². The zero-order valence-electron chi connectivity index (χ0n) is 48.2. The number of nitrogen functional groups attached to an aromatic ring is 1. The van der Waals surface area contributed by atoms with Gasteiger partial charge in [0.25, 0.3) is 32.1 Å². The number of esters is 1. The zero-order valence-corrected chi connectivity index (χ0v) is 49.8. The number of nitrogens with zero attached hydrogens (tertiary/aromatic N) is 5. The number of carbonyl (C=O) groups excluding carboxylic acids is 4. The van der Waals surface area contributed by atoms with Gasteiger partial charge in [0.05, 0.1) is 37.0 Å². The first-order valence-corrected chi connectivity index (χ1v) is 30.6. The standard InChI is InChI=1S/C64H63N7O14S2/c1-6-64(2,3)61(73)62(74)71-33-12-11-20-52(71)63(75)85-53(31-21-39-22-32-54(82-4)55(34-39)83-5)42-14-13-15-45(35-42)84-38-58(72)66-60-49-19-10-8-17-47(49)57(87(79,80)81)37-51(60)70-68-44-29-25-41(26-30-44)40-23-27-43(28-24-40)67-69-50-36-56(86(76,77)78)46-16-7-9-18-48(46)59(50)65/h7-10,13-19,22-30,32,34-37,52-53H,6,11-12,20-21,31,33,38,65H2,1-5H3,(H,66,72)(H,76,77,78)(H,79,80,81). The lowest BCUT2D eigenvalue weighted by molar-refractivity contribution is -0.164. The van der Waals surface area contributed by atoms with Crippen molar-refractivity contribution >= 4 is 99.5 Å². The number of ether oxygens (including phenoxy) is 4. The Labute approximate surface area is 502 Å². The lowest BCUT2D eigenvalue weighted by Gasteiger charge is -2.36. The van der Waals surface area contributed by atoms with Crippen LogP contribution in [0.1, 0.15) is 70.1 Å². The van der Waals surface area contributed by atoms with Crippen LogP contribution in [0.15, 0.2) is 182 Å². The molecule has 8 aromatic carbocycles. The molecule has 0 aliphatic carbocycles. The second-order valence-corrected chi connectivity index (χ2v) is 24.0. The molecule has 23 heteroatoms. The van der Waals surface area contributed by atoms with Crippen molar-refractivity contribution in [3.63, 3.8) is 0 Å². The summed E-state index contributed by atoms with van der Waals surface area (Å²) >= 11 is 0. The number of azo groups is 2. The minimum atomic E-state index is -4.83. The third kappa shape index (κ3) is 14.5. The minimum absolute atomic E-state index is 0.0511. The summed E-state index contributed by atoms with van der Waals surface area (Å²) in [6, 6.07) is 39.9. The number of hydrogen-bond donors (Lipinski definition) is 4. The number of aryl methyl sites for hydroxylation is 1. The number of nitrogens with two attached hydrogens (primary N) is 1. The SMILES string of the molecule is CCC(C)(C)C(=O)C(=O)N1CCCCC1C(=O)OC(CCc1ccc(OC)c(OC)c1)c1cccc(OCC(=O)Nc2c(N=Nc3ccc(-c4ccc(N=Nc5cc(S(=O)(=O)O)c6ccccc6c5N)cc4)cc3)cc(S(=O)(=O)O)c3ccccc23)c1. The first-order valence-electron chi connectivity index (χ1n) is 27.7. The van der Waals surface area contributed by atoms with E-state index in [2.05, 4.69) is 25.8 Å². The van der Waals surface area contributed by atoms with Gasteiger partial charge in [-0.25, -0.2) is 4.79 Å². The smallest absolute Gasteiger partial charge is 0.329 e. The monoisotopic (exact) mass is 1220 g/mol. The molecular weight excluding hydrogens is 1150 g/mol. The second kappa shape index (κ2) is 26.5. The summed E-state index contributed by atoms with van der Waals surface area (Å²) in [6.45, 7) is 4.91. The van der Waals surface area contributed by atoms with Crippen LogP contribution >= 0.6 is 0 Å². The van der Waals surface area contributed by atoms with Crippen molar-refractivity contribution in [3.05, 3.63) is 163 Å². The highest BCUT2D eigenvalue weighted by molar-refractivity contribution is 7.86. The van der Waals surface area contributed by atoms with Gasteiger partial charge in [0, 0.05) is 33.5 Å². The van der Waals surface area contributed by atoms with Crippen molar-refractivity contribution in [2.45, 2.75) is 81.2 Å². The number of hydrogen-bond acceptors (Lipinski definition) is 17. The predicted molar refractivity (Wildman–Crippen MR) is 328 cm³/mol. The van der Waals surface area contributed by atoms with E-state index >= 15 is 0 Å². The molecule has 8 aromatic rings. The molecule has 0 aromatic heterocycles. The molecule has 0 bridgehead atoms. The van der Waals surface area contributed by atoms with Gasteiger partial charge in [-0.05, 0) is 121 Å². The molecule has 2 unspecified atom stereocenters. The van der Waals surface area contributed by atoms with E-state index in [0.29, 0.717) is 65.9 Å². The lowest BCUT2D eigenvalue weighted by atomic mass is 9.84. The highest BCUT2D eigenvalue weighted by Crippen LogP contribution is 2.41. The van der Waals surface area contributed by atoms with E-state index in [4.69, 9.17) is 24.7 Å². The number of ketones is 1. The molecule has 1 aliphatic heterocycles. The van der Waals surface area contributed by atoms with Crippen LogP contribution < -0.4 is 25.3 Å². The van der Waals surface area contributed by atoms with Crippen molar-refractivity contribution in [3.8, 4) is 28.4 Å². The Balaban J connectivity index is 0.926. The lowest BCUT2D eigenvalue weighted by Crippen LogP contribution is -2.53. The quantitative estimate of drug-likeness (QED) is 0.0161. The molecule has 2 atom stereocenters. The molecule has 1 saturated heterocycles. The van der Waals surface area contributed by atoms with Gasteiger partial charge in [0.15, 0.2) is 18.1 Å². The molecule has 87 heavy (non-hydrogen) atoms. The number of rotatable bonds is 22. The van der Waals surface area contributed by atoms with Crippen molar-refractivity contribution < 1.29 is 64.1 Å². The fourth-order valence-electron chi connectivity index (χ4n) is 10.0. The Kier molecular flexibility index (Phi) is 18.9. The van der Waals surface area contributed by atoms with E-state index in [-0.39, 0.29) is 62.5 Å². The molecule has 2 amide bonds. The molecule has 9 rings (SSSR count). The maximum absolute atomic E-state index is 14.3. The molecular formula is C64H63N7O14S2. The molecule has 5 N–H and O–H groups in total. The summed E-state index contributed by atoms with van der Waals surface area (Å²) in [5, 5.41) is 20.9. The van der Waals surface area contributed by atoms with E-state index in [1.165, 1.54) is 31.3 Å². The van der Waals surface area contributed by atoms with Crippen LogP contribution in [0.25, 0.3) is 32.7 Å². The predicted octanol–water partition coefficient (Wildman–Crippen LogP) is 13.2. The molecule has 0 spiro atoms. The van der Waals surface area contributed by atoms with Gasteiger partial charge in [-0.1, -0.05) is 112 Å². The molecule has 0 radical (unpaired) electrons. The van der Waals surface area contributed by atoms with Gasteiger partial charge in [0.1, 0.15) is 39.1 Å². The van der Waals surface area contributed by atoms with Crippen LogP contribution in [0.3, 0.4) is 0 Å². The minimum Gasteiger partial charge on any atom is -0.493 e. The number of piperidine rings is 1. The Morgan fingerprint density at radius 3 is 1.85 bits per heavy atom. The molecule has 1 aliphatic rings. The number of anilines is 2. The summed E-state index contributed by atoms with van der Waals surface area (Å²) in [5.74, 6) is -1.36. The molecule has 1 fully saturated rings. The third-order valence-corrected chi connectivity index (χ3v) is 17.0. The number of amides is 2. The topological polar surface area (TPSA) is 305 Å². The van der Waals surface area contributed by atoms with Crippen LogP contribution in [0.4, 0.5) is 34.1 Å². The van der Waals surface area contributed by atoms with Crippen LogP contribution in [-0.2, 0) is 50.6 Å². The number of benzene rings is 8. The third-order valence-electron chi connectivity index (χ3n) is 15.2.